The van der Waals surface area contributed by atoms with Crippen molar-refractivity contribution in [3.8, 4) is 0 Å². The predicted molar refractivity (Wildman–Crippen MR) is 79.3 cm³/mol. The summed E-state index contributed by atoms with van der Waals surface area (Å²) in [6.07, 6.45) is 2.53. The molecule has 3 rings (SSSR count). The summed E-state index contributed by atoms with van der Waals surface area (Å²) in [5.74, 6) is 2.55. The minimum absolute atomic E-state index is 0.583. The van der Waals surface area contributed by atoms with E-state index in [0.717, 1.165) is 23.5 Å². The van der Waals surface area contributed by atoms with Crippen LogP contribution in [0.5, 0.6) is 0 Å². The maximum absolute atomic E-state index is 4.74. The van der Waals surface area contributed by atoms with Gasteiger partial charge in [0.1, 0.15) is 5.82 Å². The van der Waals surface area contributed by atoms with E-state index >= 15 is 0 Å². The lowest BCUT2D eigenvalue weighted by Crippen LogP contribution is -2.22. The Labute approximate surface area is 115 Å². The highest BCUT2D eigenvalue weighted by atomic mass is 15.2. The molecule has 1 aromatic carbocycles. The molecule has 0 spiro atoms. The summed E-state index contributed by atoms with van der Waals surface area (Å²) in [7, 11) is 0. The van der Waals surface area contributed by atoms with Crippen molar-refractivity contribution >= 4 is 11.0 Å². The zero-order valence-corrected chi connectivity index (χ0v) is 11.9. The summed E-state index contributed by atoms with van der Waals surface area (Å²) in [5, 5.41) is 0. The number of para-hydroxylation sites is 2. The molecule has 1 atom stereocenters. The number of hydrogen-bond acceptors (Lipinski definition) is 2. The Hall–Kier alpha value is -1.35. The maximum atomic E-state index is 4.74. The molecule has 102 valence electrons. The minimum Gasteiger partial charge on any atom is -0.342 e. The lowest BCUT2D eigenvalue weighted by atomic mass is 10.1. The molecule has 1 aliphatic rings. The summed E-state index contributed by atoms with van der Waals surface area (Å²) in [6.45, 7) is 8.20. The number of H-pyrrole nitrogens is 1. The molecule has 2 aromatic rings. The third kappa shape index (κ3) is 2.81. The van der Waals surface area contributed by atoms with Gasteiger partial charge in [-0.2, -0.15) is 0 Å². The highest BCUT2D eigenvalue weighted by molar-refractivity contribution is 5.74. The Bertz CT molecular complexity index is 511. The monoisotopic (exact) mass is 257 g/mol. The number of nitrogens with one attached hydrogen (secondary N) is 1. The number of likely N-dealkylation sites (tertiary alicyclic amines) is 1. The van der Waals surface area contributed by atoms with Crippen LogP contribution >= 0.6 is 0 Å². The molecule has 3 heteroatoms. The SMILES string of the molecule is CC(C)CCN1CC[C@H](c2nc3ccccc3[nH]2)C1. The number of nitrogens with zero attached hydrogens (tertiary/aromatic N) is 2. The van der Waals surface area contributed by atoms with Crippen LogP contribution in [0.25, 0.3) is 11.0 Å². The first-order valence-electron chi connectivity index (χ1n) is 7.39. The van der Waals surface area contributed by atoms with Gasteiger partial charge in [-0.3, -0.25) is 0 Å². The van der Waals surface area contributed by atoms with Crippen LogP contribution in [-0.2, 0) is 0 Å². The standard InChI is InChI=1S/C16H23N3/c1-12(2)7-9-19-10-8-13(11-19)16-17-14-5-3-4-6-15(14)18-16/h3-6,12-13H,7-11H2,1-2H3,(H,17,18)/t13-/m0/s1. The van der Waals surface area contributed by atoms with E-state index in [1.54, 1.807) is 0 Å². The fraction of sp³-hybridized carbons (Fsp3) is 0.562. The summed E-state index contributed by atoms with van der Waals surface area (Å²) in [5.41, 5.74) is 2.26. The molecule has 1 aliphatic heterocycles. The van der Waals surface area contributed by atoms with Crippen molar-refractivity contribution in [1.29, 1.82) is 0 Å². The van der Waals surface area contributed by atoms with Crippen molar-refractivity contribution in [2.45, 2.75) is 32.6 Å². The number of imidazole rings is 1. The van der Waals surface area contributed by atoms with Gasteiger partial charge in [-0.15, -0.1) is 0 Å². The second-order valence-electron chi connectivity index (χ2n) is 6.11. The van der Waals surface area contributed by atoms with Crippen LogP contribution in [0.15, 0.2) is 24.3 Å². The van der Waals surface area contributed by atoms with Gasteiger partial charge in [0.15, 0.2) is 0 Å². The molecular weight excluding hydrogens is 234 g/mol. The molecule has 1 fully saturated rings. The predicted octanol–water partition coefficient (Wildman–Crippen LogP) is 3.40. The number of rotatable bonds is 4. The van der Waals surface area contributed by atoms with Crippen molar-refractivity contribution in [3.05, 3.63) is 30.1 Å². The van der Waals surface area contributed by atoms with Crippen molar-refractivity contribution in [2.24, 2.45) is 5.92 Å². The average molecular weight is 257 g/mol. The normalized spacial score (nSPS) is 20.7. The Morgan fingerprint density at radius 3 is 3.00 bits per heavy atom. The quantitative estimate of drug-likeness (QED) is 0.910. The van der Waals surface area contributed by atoms with E-state index in [-0.39, 0.29) is 0 Å². The minimum atomic E-state index is 0.583. The Morgan fingerprint density at radius 1 is 1.37 bits per heavy atom. The van der Waals surface area contributed by atoms with E-state index in [9.17, 15) is 0 Å². The molecule has 0 unspecified atom stereocenters. The van der Waals surface area contributed by atoms with Gasteiger partial charge in [0.05, 0.1) is 11.0 Å². The van der Waals surface area contributed by atoms with Gasteiger partial charge in [-0.25, -0.2) is 4.98 Å². The van der Waals surface area contributed by atoms with E-state index in [2.05, 4.69) is 48.0 Å². The van der Waals surface area contributed by atoms with Crippen LogP contribution in [0.1, 0.15) is 38.4 Å². The molecule has 0 amide bonds. The fourth-order valence-corrected chi connectivity index (χ4v) is 2.87. The maximum Gasteiger partial charge on any atom is 0.111 e. The van der Waals surface area contributed by atoms with Crippen LogP contribution in [0.4, 0.5) is 0 Å². The zero-order valence-electron chi connectivity index (χ0n) is 11.9. The van der Waals surface area contributed by atoms with Crippen LogP contribution in [0, 0.1) is 5.92 Å². The third-order valence-electron chi connectivity index (χ3n) is 4.09. The van der Waals surface area contributed by atoms with Crippen LogP contribution < -0.4 is 0 Å². The zero-order chi connectivity index (χ0) is 13.2. The summed E-state index contributed by atoms with van der Waals surface area (Å²) in [4.78, 5) is 10.8. The molecular formula is C16H23N3. The van der Waals surface area contributed by atoms with Crippen molar-refractivity contribution in [1.82, 2.24) is 14.9 Å². The van der Waals surface area contributed by atoms with Crippen LogP contribution in [-0.4, -0.2) is 34.5 Å². The van der Waals surface area contributed by atoms with Gasteiger partial charge in [-0.1, -0.05) is 26.0 Å². The van der Waals surface area contributed by atoms with Crippen molar-refractivity contribution < 1.29 is 0 Å². The summed E-state index contributed by atoms with van der Waals surface area (Å²) < 4.78 is 0. The lowest BCUT2D eigenvalue weighted by Gasteiger charge is -2.16. The van der Waals surface area contributed by atoms with Gasteiger partial charge in [0.2, 0.25) is 0 Å². The first kappa shape index (κ1) is 12.7. The number of benzene rings is 1. The van der Waals surface area contributed by atoms with E-state index in [1.807, 2.05) is 0 Å². The van der Waals surface area contributed by atoms with Crippen LogP contribution in [0.2, 0.25) is 0 Å². The highest BCUT2D eigenvalue weighted by Crippen LogP contribution is 2.27. The van der Waals surface area contributed by atoms with Crippen LogP contribution in [0.3, 0.4) is 0 Å². The van der Waals surface area contributed by atoms with Crippen molar-refractivity contribution in [3.63, 3.8) is 0 Å². The third-order valence-corrected chi connectivity index (χ3v) is 4.09. The van der Waals surface area contributed by atoms with E-state index in [4.69, 9.17) is 4.98 Å². The Kier molecular flexibility index (Phi) is 3.56. The van der Waals surface area contributed by atoms with Gasteiger partial charge >= 0.3 is 0 Å². The molecule has 19 heavy (non-hydrogen) atoms. The number of fused-ring (bicyclic) bond motifs is 1. The first-order chi connectivity index (χ1) is 9.22. The molecule has 0 aliphatic carbocycles. The first-order valence-corrected chi connectivity index (χ1v) is 7.39. The molecule has 3 nitrogen and oxygen atoms in total. The molecule has 1 aromatic heterocycles. The summed E-state index contributed by atoms with van der Waals surface area (Å²) in [6, 6.07) is 8.31. The Balaban J connectivity index is 1.67. The smallest absolute Gasteiger partial charge is 0.111 e. The molecule has 0 saturated carbocycles. The number of aromatic amines is 1. The number of aromatic nitrogens is 2. The Morgan fingerprint density at radius 2 is 2.21 bits per heavy atom. The second kappa shape index (κ2) is 5.33. The molecule has 0 bridgehead atoms. The van der Waals surface area contributed by atoms with E-state index in [0.29, 0.717) is 5.92 Å². The fourth-order valence-electron chi connectivity index (χ4n) is 2.87. The molecule has 0 radical (unpaired) electrons. The lowest BCUT2D eigenvalue weighted by molar-refractivity contribution is 0.309. The van der Waals surface area contributed by atoms with Gasteiger partial charge in [0.25, 0.3) is 0 Å². The topological polar surface area (TPSA) is 31.9 Å². The van der Waals surface area contributed by atoms with E-state index < -0.39 is 0 Å². The average Bonchev–Trinajstić information content (AvgIpc) is 3.02. The van der Waals surface area contributed by atoms with Gasteiger partial charge in [-0.05, 0) is 44.0 Å². The second-order valence-corrected chi connectivity index (χ2v) is 6.11. The van der Waals surface area contributed by atoms with Gasteiger partial charge < -0.3 is 9.88 Å². The number of hydrogen-bond donors (Lipinski definition) is 1. The van der Waals surface area contributed by atoms with E-state index in [1.165, 1.54) is 31.8 Å². The van der Waals surface area contributed by atoms with Gasteiger partial charge in [0, 0.05) is 12.5 Å². The molecule has 1 saturated heterocycles. The van der Waals surface area contributed by atoms with Crippen molar-refractivity contribution in [2.75, 3.05) is 19.6 Å². The highest BCUT2D eigenvalue weighted by Gasteiger charge is 2.25. The summed E-state index contributed by atoms with van der Waals surface area (Å²) >= 11 is 0. The molecule has 2 heterocycles. The largest absolute Gasteiger partial charge is 0.342 e. The molecule has 1 N–H and O–H groups in total.